The molecule has 1 atom stereocenters. The van der Waals surface area contributed by atoms with Gasteiger partial charge in [0.1, 0.15) is 0 Å². The molecule has 1 spiro atoms. The number of hydrogen-bond donors (Lipinski definition) is 0. The van der Waals surface area contributed by atoms with Crippen LogP contribution >= 0.6 is 11.3 Å². The molecule has 0 saturated carbocycles. The minimum absolute atomic E-state index is 0.0281. The minimum Gasteiger partial charge on any atom is -0.338 e. The Balaban J connectivity index is 1.43. The van der Waals surface area contributed by atoms with Crippen LogP contribution in [-0.2, 0) is 11.3 Å². The van der Waals surface area contributed by atoms with Crippen LogP contribution in [0, 0.1) is 12.3 Å². The summed E-state index contributed by atoms with van der Waals surface area (Å²) in [6.45, 7) is 4.61. The molecule has 0 aliphatic carbocycles. The lowest BCUT2D eigenvalue weighted by Crippen LogP contribution is -2.34. The monoisotopic (exact) mass is 356 g/mol. The fourth-order valence-corrected chi connectivity index (χ4v) is 4.46. The highest BCUT2D eigenvalue weighted by Crippen LogP contribution is 2.41. The molecule has 2 saturated heterocycles. The van der Waals surface area contributed by atoms with Crippen molar-refractivity contribution in [2.24, 2.45) is 5.41 Å². The lowest BCUT2D eigenvalue weighted by molar-refractivity contribution is -0.128. The Hall–Kier alpha value is -2.28. The molecular weight excluding hydrogens is 336 g/mol. The van der Waals surface area contributed by atoms with Crippen molar-refractivity contribution in [3.8, 4) is 0 Å². The molecule has 0 N–H and O–H groups in total. The fraction of sp³-hybridized carbons (Fsp3) is 0.444. The quantitative estimate of drug-likeness (QED) is 0.845. The van der Waals surface area contributed by atoms with Crippen molar-refractivity contribution in [1.29, 1.82) is 0 Å². The lowest BCUT2D eigenvalue weighted by Gasteiger charge is -2.24. The van der Waals surface area contributed by atoms with E-state index < -0.39 is 0 Å². The van der Waals surface area contributed by atoms with Gasteiger partial charge in [0.05, 0.1) is 17.2 Å². The smallest absolute Gasteiger partial charge is 0.253 e. The Morgan fingerprint density at radius 3 is 2.84 bits per heavy atom. The van der Waals surface area contributed by atoms with Crippen molar-refractivity contribution in [2.45, 2.75) is 26.3 Å². The van der Waals surface area contributed by atoms with E-state index in [0.717, 1.165) is 17.1 Å². The SMILES string of the molecule is Cc1nc(CN2C[C@]3(CCN(C(=O)c4ccncc4)C3)CC2=O)cs1. The van der Waals surface area contributed by atoms with Gasteiger partial charge in [0.25, 0.3) is 5.91 Å². The highest BCUT2D eigenvalue weighted by Gasteiger charge is 2.48. The standard InChI is InChI=1S/C18H20N4O2S/c1-13-20-15(10-25-13)9-22-12-18(8-16(22)23)4-7-21(11-18)17(24)14-2-5-19-6-3-14/h2-3,5-6,10H,4,7-9,11-12H2,1H3/t18-/m1/s1. The molecule has 0 radical (unpaired) electrons. The van der Waals surface area contributed by atoms with Crippen molar-refractivity contribution in [2.75, 3.05) is 19.6 Å². The summed E-state index contributed by atoms with van der Waals surface area (Å²) in [5, 5.41) is 3.04. The third-order valence-electron chi connectivity index (χ3n) is 5.08. The molecule has 130 valence electrons. The third-order valence-corrected chi connectivity index (χ3v) is 5.90. The van der Waals surface area contributed by atoms with E-state index in [0.29, 0.717) is 38.2 Å². The van der Waals surface area contributed by atoms with Crippen LogP contribution in [0.4, 0.5) is 0 Å². The molecule has 0 bridgehead atoms. The van der Waals surface area contributed by atoms with E-state index >= 15 is 0 Å². The topological polar surface area (TPSA) is 66.4 Å². The molecule has 2 aromatic heterocycles. The third kappa shape index (κ3) is 3.16. The van der Waals surface area contributed by atoms with Crippen molar-refractivity contribution in [3.63, 3.8) is 0 Å². The lowest BCUT2D eigenvalue weighted by atomic mass is 9.86. The number of aromatic nitrogens is 2. The summed E-state index contributed by atoms with van der Waals surface area (Å²) in [4.78, 5) is 37.3. The summed E-state index contributed by atoms with van der Waals surface area (Å²) in [5.74, 6) is 0.198. The molecule has 0 aromatic carbocycles. The summed E-state index contributed by atoms with van der Waals surface area (Å²) < 4.78 is 0. The number of thiazole rings is 1. The van der Waals surface area contributed by atoms with Gasteiger partial charge in [0, 0.05) is 54.8 Å². The summed E-state index contributed by atoms with van der Waals surface area (Å²) in [7, 11) is 0. The Labute approximate surface area is 150 Å². The first-order chi connectivity index (χ1) is 12.0. The zero-order valence-electron chi connectivity index (χ0n) is 14.1. The molecule has 2 aliphatic rings. The van der Waals surface area contributed by atoms with Gasteiger partial charge in [-0.2, -0.15) is 0 Å². The average Bonchev–Trinajstić information content (AvgIpc) is 3.29. The van der Waals surface area contributed by atoms with E-state index in [1.807, 2.05) is 22.1 Å². The summed E-state index contributed by atoms with van der Waals surface area (Å²) in [6.07, 6.45) is 4.67. The van der Waals surface area contributed by atoms with Gasteiger partial charge in [-0.25, -0.2) is 4.98 Å². The molecule has 0 unspecified atom stereocenters. The van der Waals surface area contributed by atoms with Crippen LogP contribution in [0.15, 0.2) is 29.9 Å². The number of carbonyl (C=O) groups is 2. The van der Waals surface area contributed by atoms with Crippen molar-refractivity contribution in [1.82, 2.24) is 19.8 Å². The normalized spacial score (nSPS) is 23.0. The van der Waals surface area contributed by atoms with Crippen LogP contribution in [0.5, 0.6) is 0 Å². The maximum absolute atomic E-state index is 12.6. The predicted molar refractivity (Wildman–Crippen MR) is 94.1 cm³/mol. The second kappa shape index (κ2) is 6.22. The molecule has 4 rings (SSSR count). The highest BCUT2D eigenvalue weighted by atomic mass is 32.1. The first kappa shape index (κ1) is 16.2. The van der Waals surface area contributed by atoms with Gasteiger partial charge in [0.15, 0.2) is 0 Å². The molecule has 4 heterocycles. The van der Waals surface area contributed by atoms with Crippen LogP contribution in [0.3, 0.4) is 0 Å². The minimum atomic E-state index is -0.106. The van der Waals surface area contributed by atoms with Gasteiger partial charge < -0.3 is 9.80 Å². The number of carbonyl (C=O) groups excluding carboxylic acids is 2. The van der Waals surface area contributed by atoms with Crippen molar-refractivity contribution in [3.05, 3.63) is 46.2 Å². The first-order valence-corrected chi connectivity index (χ1v) is 9.31. The summed E-state index contributed by atoms with van der Waals surface area (Å²) >= 11 is 1.61. The van der Waals surface area contributed by atoms with Gasteiger partial charge in [-0.05, 0) is 25.5 Å². The molecule has 2 amide bonds. The number of nitrogens with zero attached hydrogens (tertiary/aromatic N) is 4. The van der Waals surface area contributed by atoms with Crippen LogP contribution in [-0.4, -0.2) is 51.2 Å². The maximum atomic E-state index is 12.6. The van der Waals surface area contributed by atoms with Gasteiger partial charge in [-0.3, -0.25) is 14.6 Å². The number of amides is 2. The molecule has 6 nitrogen and oxygen atoms in total. The van der Waals surface area contributed by atoms with E-state index in [-0.39, 0.29) is 17.2 Å². The summed E-state index contributed by atoms with van der Waals surface area (Å²) in [5.41, 5.74) is 1.51. The Bertz CT molecular complexity index is 806. The molecule has 2 aromatic rings. The fourth-order valence-electron chi connectivity index (χ4n) is 3.86. The number of rotatable bonds is 3. The zero-order chi connectivity index (χ0) is 17.4. The number of hydrogen-bond acceptors (Lipinski definition) is 5. The van der Waals surface area contributed by atoms with Gasteiger partial charge in [-0.15, -0.1) is 11.3 Å². The van der Waals surface area contributed by atoms with Crippen molar-refractivity contribution < 1.29 is 9.59 Å². The maximum Gasteiger partial charge on any atom is 0.253 e. The Kier molecular flexibility index (Phi) is 4.03. The van der Waals surface area contributed by atoms with E-state index in [9.17, 15) is 9.59 Å². The second-order valence-electron chi connectivity index (χ2n) is 7.00. The molecule has 2 aliphatic heterocycles. The van der Waals surface area contributed by atoms with Gasteiger partial charge in [-0.1, -0.05) is 0 Å². The van der Waals surface area contributed by atoms with Crippen LogP contribution in [0.1, 0.15) is 33.9 Å². The van der Waals surface area contributed by atoms with Gasteiger partial charge in [0.2, 0.25) is 5.91 Å². The Morgan fingerprint density at radius 2 is 2.12 bits per heavy atom. The number of likely N-dealkylation sites (tertiary alicyclic amines) is 2. The largest absolute Gasteiger partial charge is 0.338 e. The molecule has 2 fully saturated rings. The molecular formula is C18H20N4O2S. The van der Waals surface area contributed by atoms with Crippen LogP contribution in [0.2, 0.25) is 0 Å². The number of pyridine rings is 1. The van der Waals surface area contributed by atoms with E-state index in [4.69, 9.17) is 0 Å². The highest BCUT2D eigenvalue weighted by molar-refractivity contribution is 7.09. The molecule has 25 heavy (non-hydrogen) atoms. The van der Waals surface area contributed by atoms with E-state index in [1.165, 1.54) is 0 Å². The first-order valence-electron chi connectivity index (χ1n) is 8.43. The van der Waals surface area contributed by atoms with Crippen LogP contribution < -0.4 is 0 Å². The Morgan fingerprint density at radius 1 is 1.32 bits per heavy atom. The van der Waals surface area contributed by atoms with E-state index in [1.54, 1.807) is 35.9 Å². The van der Waals surface area contributed by atoms with Gasteiger partial charge >= 0.3 is 0 Å². The van der Waals surface area contributed by atoms with Crippen LogP contribution in [0.25, 0.3) is 0 Å². The van der Waals surface area contributed by atoms with Crippen molar-refractivity contribution >= 4 is 23.2 Å². The predicted octanol–water partition coefficient (Wildman–Crippen LogP) is 2.11. The summed E-state index contributed by atoms with van der Waals surface area (Å²) in [6, 6.07) is 3.48. The molecule has 7 heteroatoms. The second-order valence-corrected chi connectivity index (χ2v) is 8.06. The number of aryl methyl sites for hydroxylation is 1. The zero-order valence-corrected chi connectivity index (χ0v) is 15.0. The average molecular weight is 356 g/mol. The van der Waals surface area contributed by atoms with E-state index in [2.05, 4.69) is 9.97 Å².